The van der Waals surface area contributed by atoms with Crippen molar-refractivity contribution in [1.82, 2.24) is 0 Å². The zero-order valence-corrected chi connectivity index (χ0v) is 14.5. The van der Waals surface area contributed by atoms with E-state index in [2.05, 4.69) is 26.1 Å². The monoisotopic (exact) mass is 325 g/mol. The number of carboxylic acid groups (broad SMARTS) is 1. The Morgan fingerprint density at radius 2 is 2.00 bits per heavy atom. The molecule has 1 rings (SSSR count). The van der Waals surface area contributed by atoms with E-state index in [-0.39, 0.29) is 11.8 Å². The molecule has 1 aromatic rings. The summed E-state index contributed by atoms with van der Waals surface area (Å²) in [6.45, 7) is 7.39. The van der Waals surface area contributed by atoms with Gasteiger partial charge in [0.25, 0.3) is 0 Å². The van der Waals surface area contributed by atoms with Gasteiger partial charge in [-0.1, -0.05) is 27.2 Å². The fourth-order valence-corrected chi connectivity index (χ4v) is 2.59. The highest BCUT2D eigenvalue weighted by atomic mass is 32.2. The Bertz CT molecular complexity index is 489. The first-order chi connectivity index (χ1) is 10.4. The quantitative estimate of drug-likeness (QED) is 0.417. The van der Waals surface area contributed by atoms with E-state index >= 15 is 0 Å². The Labute approximate surface area is 137 Å². The van der Waals surface area contributed by atoms with Gasteiger partial charge in [0.1, 0.15) is 0 Å². The van der Waals surface area contributed by atoms with Crippen molar-refractivity contribution in [3.05, 3.63) is 23.8 Å². The Balaban J connectivity index is 2.64. The van der Waals surface area contributed by atoms with Gasteiger partial charge in [0.2, 0.25) is 0 Å². The first-order valence-corrected chi connectivity index (χ1v) is 8.59. The second-order valence-corrected chi connectivity index (χ2v) is 6.82. The Hall–Kier alpha value is -1.20. The summed E-state index contributed by atoms with van der Waals surface area (Å²) in [5, 5.41) is 12.1. The summed E-state index contributed by atoms with van der Waals surface area (Å²) >= 11 is 0.773. The normalized spacial score (nSPS) is 11.5. The van der Waals surface area contributed by atoms with Crippen LogP contribution in [-0.4, -0.2) is 22.2 Å². The van der Waals surface area contributed by atoms with Gasteiger partial charge in [-0.3, -0.25) is 4.79 Å². The second-order valence-electron chi connectivity index (χ2n) is 6.17. The third-order valence-electron chi connectivity index (χ3n) is 4.09. The van der Waals surface area contributed by atoms with Crippen LogP contribution in [0.2, 0.25) is 0 Å². The lowest BCUT2D eigenvalue weighted by molar-refractivity contribution is -0.137. The van der Waals surface area contributed by atoms with Crippen LogP contribution in [0, 0.1) is 0 Å². The fraction of sp³-hybridized carbons (Fsp3) is 0.588. The molecule has 0 spiro atoms. The summed E-state index contributed by atoms with van der Waals surface area (Å²) in [6, 6.07) is 5.97. The lowest BCUT2D eigenvalue weighted by atomic mass is 9.81. The number of carbonyl (C=O) groups is 1. The van der Waals surface area contributed by atoms with Crippen LogP contribution in [0.15, 0.2) is 23.1 Å². The molecule has 0 amide bonds. The molecule has 0 unspecified atom stereocenters. The number of anilines is 1. The van der Waals surface area contributed by atoms with Crippen molar-refractivity contribution in [3.8, 4) is 0 Å². The van der Waals surface area contributed by atoms with Gasteiger partial charge in [0, 0.05) is 35.6 Å². The number of nitrogens with one attached hydrogen (secondary N) is 1. The third kappa shape index (κ3) is 5.89. The van der Waals surface area contributed by atoms with Gasteiger partial charge in [-0.05, 0) is 48.4 Å². The van der Waals surface area contributed by atoms with E-state index in [1.807, 2.05) is 18.2 Å². The topological polar surface area (TPSA) is 69.6 Å². The minimum atomic E-state index is -0.725. The number of carboxylic acids is 1. The van der Waals surface area contributed by atoms with Gasteiger partial charge < -0.3 is 15.0 Å². The molecule has 0 aliphatic rings. The number of benzene rings is 1. The highest BCUT2D eigenvalue weighted by Crippen LogP contribution is 2.35. The first kappa shape index (κ1) is 18.8. The van der Waals surface area contributed by atoms with Crippen LogP contribution >= 0.6 is 12.0 Å². The summed E-state index contributed by atoms with van der Waals surface area (Å²) in [6.07, 6.45) is 3.85. The Kier molecular flexibility index (Phi) is 7.76. The molecule has 0 saturated heterocycles. The van der Waals surface area contributed by atoms with Crippen LogP contribution < -0.4 is 5.32 Å². The zero-order valence-electron chi connectivity index (χ0n) is 13.7. The number of hydrogen-bond acceptors (Lipinski definition) is 4. The molecule has 4 nitrogen and oxygen atoms in total. The SMILES string of the molecule is CCC(C)(C)c1cc(SO)ccc1NCCCCCC(=O)O. The number of hydrogen-bond donors (Lipinski definition) is 3. The highest BCUT2D eigenvalue weighted by Gasteiger charge is 2.22. The van der Waals surface area contributed by atoms with Gasteiger partial charge in [0.05, 0.1) is 0 Å². The van der Waals surface area contributed by atoms with Gasteiger partial charge in [-0.15, -0.1) is 0 Å². The van der Waals surface area contributed by atoms with Crippen LogP contribution in [0.5, 0.6) is 0 Å². The van der Waals surface area contributed by atoms with Gasteiger partial charge in [-0.2, -0.15) is 0 Å². The molecule has 0 aliphatic heterocycles. The van der Waals surface area contributed by atoms with E-state index < -0.39 is 5.97 Å². The number of aliphatic carboxylic acids is 1. The highest BCUT2D eigenvalue weighted by molar-refractivity contribution is 7.93. The van der Waals surface area contributed by atoms with Crippen LogP contribution in [-0.2, 0) is 10.2 Å². The van der Waals surface area contributed by atoms with Crippen molar-refractivity contribution >= 4 is 23.7 Å². The molecule has 0 saturated carbocycles. The molecule has 22 heavy (non-hydrogen) atoms. The van der Waals surface area contributed by atoms with E-state index in [0.29, 0.717) is 0 Å². The summed E-state index contributed by atoms with van der Waals surface area (Å²) in [5.74, 6) is -0.725. The maximum absolute atomic E-state index is 10.5. The predicted octanol–water partition coefficient (Wildman–Crippen LogP) is 5.00. The Morgan fingerprint density at radius 1 is 1.27 bits per heavy atom. The molecule has 0 atom stereocenters. The van der Waals surface area contributed by atoms with Crippen molar-refractivity contribution in [3.63, 3.8) is 0 Å². The molecule has 0 aliphatic carbocycles. The van der Waals surface area contributed by atoms with Crippen molar-refractivity contribution < 1.29 is 14.5 Å². The van der Waals surface area contributed by atoms with E-state index in [1.54, 1.807) is 0 Å². The molecule has 0 radical (unpaired) electrons. The van der Waals surface area contributed by atoms with Gasteiger partial charge in [0.15, 0.2) is 0 Å². The molecule has 124 valence electrons. The molecule has 0 fully saturated rings. The van der Waals surface area contributed by atoms with E-state index in [1.165, 1.54) is 5.56 Å². The molecule has 0 heterocycles. The standard InChI is InChI=1S/C17H27NO3S/c1-4-17(2,3)14-12-13(22-21)9-10-15(14)18-11-7-5-6-8-16(19)20/h9-10,12,18,21H,4-8,11H2,1-3H3,(H,19,20). The van der Waals surface area contributed by atoms with Crippen molar-refractivity contribution in [2.45, 2.75) is 63.2 Å². The van der Waals surface area contributed by atoms with E-state index in [0.717, 1.165) is 54.9 Å². The molecule has 1 aromatic carbocycles. The minimum Gasteiger partial charge on any atom is -0.481 e. The first-order valence-electron chi connectivity index (χ1n) is 7.82. The van der Waals surface area contributed by atoms with Crippen LogP contribution in [0.1, 0.15) is 58.4 Å². The van der Waals surface area contributed by atoms with Crippen LogP contribution in [0.25, 0.3) is 0 Å². The lowest BCUT2D eigenvalue weighted by Gasteiger charge is -2.27. The lowest BCUT2D eigenvalue weighted by Crippen LogP contribution is -2.18. The molecule has 5 heteroatoms. The van der Waals surface area contributed by atoms with Crippen molar-refractivity contribution in [1.29, 1.82) is 0 Å². The molecule has 0 bridgehead atoms. The van der Waals surface area contributed by atoms with Gasteiger partial charge in [-0.25, -0.2) is 0 Å². The maximum Gasteiger partial charge on any atom is 0.303 e. The van der Waals surface area contributed by atoms with Crippen LogP contribution in [0.3, 0.4) is 0 Å². The van der Waals surface area contributed by atoms with Crippen molar-refractivity contribution in [2.75, 3.05) is 11.9 Å². The molecule has 3 N–H and O–H groups in total. The smallest absolute Gasteiger partial charge is 0.303 e. The third-order valence-corrected chi connectivity index (χ3v) is 4.56. The number of rotatable bonds is 10. The average molecular weight is 325 g/mol. The summed E-state index contributed by atoms with van der Waals surface area (Å²) in [7, 11) is 0. The fourth-order valence-electron chi connectivity index (χ4n) is 2.29. The predicted molar refractivity (Wildman–Crippen MR) is 92.8 cm³/mol. The molecular formula is C17H27NO3S. The maximum atomic E-state index is 10.5. The summed E-state index contributed by atoms with van der Waals surface area (Å²) in [5.41, 5.74) is 2.35. The summed E-state index contributed by atoms with van der Waals surface area (Å²) in [4.78, 5) is 11.3. The Morgan fingerprint density at radius 3 is 2.59 bits per heavy atom. The molecular weight excluding hydrogens is 298 g/mol. The van der Waals surface area contributed by atoms with Crippen molar-refractivity contribution in [2.24, 2.45) is 0 Å². The summed E-state index contributed by atoms with van der Waals surface area (Å²) < 4.78 is 9.26. The van der Waals surface area contributed by atoms with E-state index in [9.17, 15) is 9.35 Å². The zero-order chi connectivity index (χ0) is 16.6. The van der Waals surface area contributed by atoms with Gasteiger partial charge >= 0.3 is 5.97 Å². The minimum absolute atomic E-state index is 0.0391. The molecule has 0 aromatic heterocycles. The van der Waals surface area contributed by atoms with Crippen LogP contribution in [0.4, 0.5) is 5.69 Å². The number of unbranched alkanes of at least 4 members (excludes halogenated alkanes) is 2. The van der Waals surface area contributed by atoms with E-state index in [4.69, 9.17) is 5.11 Å². The second kappa shape index (κ2) is 9.06. The largest absolute Gasteiger partial charge is 0.481 e. The average Bonchev–Trinajstić information content (AvgIpc) is 2.50.